The lowest BCUT2D eigenvalue weighted by atomic mass is 9.69. The van der Waals surface area contributed by atoms with Crippen molar-refractivity contribution in [1.82, 2.24) is 0 Å². The Balaban J connectivity index is 1.94. The summed E-state index contributed by atoms with van der Waals surface area (Å²) in [5.41, 5.74) is 1.16. The van der Waals surface area contributed by atoms with Crippen LogP contribution in [0, 0.1) is 5.92 Å². The third kappa shape index (κ3) is 2.27. The Kier molecular flexibility index (Phi) is 3.61. The lowest BCUT2D eigenvalue weighted by Gasteiger charge is -2.48. The van der Waals surface area contributed by atoms with Gasteiger partial charge in [0.25, 0.3) is 0 Å². The van der Waals surface area contributed by atoms with Gasteiger partial charge in [0.15, 0.2) is 0 Å². The molecule has 2 aliphatic rings. The summed E-state index contributed by atoms with van der Waals surface area (Å²) in [5.74, 6) is 1.37. The van der Waals surface area contributed by atoms with E-state index in [1.54, 1.807) is 19.2 Å². The second kappa shape index (κ2) is 5.26. The Bertz CT molecular complexity index is 487. The standard InChI is InChI=1S/C16H22O4/c1-19-16-7-6-11(3-2-8-17)14(10-16)13-5-4-12(18)9-15(13)20-16/h4-5,9,11,14,17-18H,2-3,6-8,10H2,1H3. The highest BCUT2D eigenvalue weighted by molar-refractivity contribution is 5.44. The summed E-state index contributed by atoms with van der Waals surface area (Å²) in [6.45, 7) is 0.248. The highest BCUT2D eigenvalue weighted by atomic mass is 16.7. The topological polar surface area (TPSA) is 58.9 Å². The summed E-state index contributed by atoms with van der Waals surface area (Å²) in [4.78, 5) is 0. The Morgan fingerprint density at radius 1 is 1.45 bits per heavy atom. The average Bonchev–Trinajstić information content (AvgIpc) is 2.46. The molecule has 1 heterocycles. The normalized spacial score (nSPS) is 31.5. The lowest BCUT2D eigenvalue weighted by Crippen LogP contribution is -2.48. The smallest absolute Gasteiger partial charge is 0.210 e. The number of phenolic OH excluding ortho intramolecular Hbond substituents is 1. The minimum absolute atomic E-state index is 0.224. The van der Waals surface area contributed by atoms with Crippen LogP contribution in [0.3, 0.4) is 0 Å². The number of fused-ring (bicyclic) bond motifs is 4. The van der Waals surface area contributed by atoms with Crippen LogP contribution in [0.25, 0.3) is 0 Å². The summed E-state index contributed by atoms with van der Waals surface area (Å²) in [6, 6.07) is 5.37. The zero-order valence-electron chi connectivity index (χ0n) is 11.8. The molecular weight excluding hydrogens is 256 g/mol. The number of phenols is 1. The molecule has 1 aliphatic carbocycles. The lowest BCUT2D eigenvalue weighted by molar-refractivity contribution is -0.202. The van der Waals surface area contributed by atoms with Crippen LogP contribution in [0.4, 0.5) is 0 Å². The van der Waals surface area contributed by atoms with Gasteiger partial charge in [-0.25, -0.2) is 0 Å². The number of aliphatic hydroxyl groups is 1. The van der Waals surface area contributed by atoms with Crippen LogP contribution < -0.4 is 4.74 Å². The molecule has 3 unspecified atom stereocenters. The van der Waals surface area contributed by atoms with Gasteiger partial charge in [-0.15, -0.1) is 0 Å². The van der Waals surface area contributed by atoms with Crippen molar-refractivity contribution in [3.8, 4) is 11.5 Å². The predicted molar refractivity (Wildman–Crippen MR) is 74.9 cm³/mol. The molecule has 110 valence electrons. The van der Waals surface area contributed by atoms with E-state index in [0.29, 0.717) is 11.8 Å². The first-order valence-corrected chi connectivity index (χ1v) is 7.35. The molecule has 4 nitrogen and oxygen atoms in total. The SMILES string of the molecule is COC12CCC(CCCO)C(C1)c1ccc(O)cc1O2. The van der Waals surface area contributed by atoms with Crippen molar-refractivity contribution in [3.63, 3.8) is 0 Å². The van der Waals surface area contributed by atoms with E-state index in [9.17, 15) is 5.11 Å². The molecule has 3 atom stereocenters. The first-order chi connectivity index (χ1) is 9.67. The fraction of sp³-hybridized carbons (Fsp3) is 0.625. The van der Waals surface area contributed by atoms with Gasteiger partial charge in [0.2, 0.25) is 5.79 Å². The number of rotatable bonds is 4. The molecule has 1 fully saturated rings. The predicted octanol–water partition coefficient (Wildman–Crippen LogP) is 2.78. The van der Waals surface area contributed by atoms with Crippen LogP contribution >= 0.6 is 0 Å². The molecule has 2 bridgehead atoms. The van der Waals surface area contributed by atoms with E-state index >= 15 is 0 Å². The maximum absolute atomic E-state index is 9.66. The molecule has 4 heteroatoms. The first-order valence-electron chi connectivity index (χ1n) is 7.35. The molecule has 0 aromatic heterocycles. The summed E-state index contributed by atoms with van der Waals surface area (Å²) in [6.07, 6.45) is 4.65. The largest absolute Gasteiger partial charge is 0.508 e. The molecule has 20 heavy (non-hydrogen) atoms. The molecule has 1 aromatic carbocycles. The van der Waals surface area contributed by atoms with Gasteiger partial charge in [-0.2, -0.15) is 0 Å². The van der Waals surface area contributed by atoms with E-state index in [-0.39, 0.29) is 12.4 Å². The van der Waals surface area contributed by atoms with Crippen molar-refractivity contribution in [2.24, 2.45) is 5.92 Å². The van der Waals surface area contributed by atoms with Gasteiger partial charge in [-0.05, 0) is 42.7 Å². The molecule has 0 amide bonds. The Morgan fingerprint density at radius 2 is 2.30 bits per heavy atom. The Morgan fingerprint density at radius 3 is 3.05 bits per heavy atom. The van der Waals surface area contributed by atoms with E-state index in [0.717, 1.165) is 43.4 Å². The fourth-order valence-electron chi connectivity index (χ4n) is 3.71. The molecular formula is C16H22O4. The third-order valence-corrected chi connectivity index (χ3v) is 4.79. The van der Waals surface area contributed by atoms with Crippen molar-refractivity contribution >= 4 is 0 Å². The quantitative estimate of drug-likeness (QED) is 0.889. The van der Waals surface area contributed by atoms with Crippen LogP contribution in [-0.4, -0.2) is 29.7 Å². The second-order valence-corrected chi connectivity index (χ2v) is 5.91. The molecule has 1 aliphatic heterocycles. The molecule has 1 aromatic rings. The molecule has 0 spiro atoms. The minimum atomic E-state index is -0.541. The number of ether oxygens (including phenoxy) is 2. The van der Waals surface area contributed by atoms with Gasteiger partial charge in [-0.1, -0.05) is 6.07 Å². The maximum atomic E-state index is 9.66. The van der Waals surface area contributed by atoms with Crippen LogP contribution in [0.1, 0.15) is 43.6 Å². The van der Waals surface area contributed by atoms with E-state index in [2.05, 4.69) is 0 Å². The zero-order valence-corrected chi connectivity index (χ0v) is 11.8. The third-order valence-electron chi connectivity index (χ3n) is 4.79. The van der Waals surface area contributed by atoms with Crippen molar-refractivity contribution in [2.45, 2.75) is 43.8 Å². The monoisotopic (exact) mass is 278 g/mol. The van der Waals surface area contributed by atoms with Crippen LogP contribution in [0.2, 0.25) is 0 Å². The van der Waals surface area contributed by atoms with Crippen LogP contribution in [-0.2, 0) is 4.74 Å². The highest BCUT2D eigenvalue weighted by Gasteiger charge is 2.47. The number of hydrogen-bond acceptors (Lipinski definition) is 4. The summed E-state index contributed by atoms with van der Waals surface area (Å²) in [5, 5.41) is 18.7. The highest BCUT2D eigenvalue weighted by Crippen LogP contribution is 2.53. The summed E-state index contributed by atoms with van der Waals surface area (Å²) < 4.78 is 11.7. The number of aromatic hydroxyl groups is 1. The minimum Gasteiger partial charge on any atom is -0.508 e. The first kappa shape index (κ1) is 13.7. The van der Waals surface area contributed by atoms with Crippen molar-refractivity contribution in [3.05, 3.63) is 23.8 Å². The van der Waals surface area contributed by atoms with Crippen molar-refractivity contribution < 1.29 is 19.7 Å². The molecule has 0 radical (unpaired) electrons. The maximum Gasteiger partial charge on any atom is 0.210 e. The molecule has 1 saturated carbocycles. The van der Waals surface area contributed by atoms with E-state index in [1.807, 2.05) is 6.07 Å². The Labute approximate surface area is 119 Å². The van der Waals surface area contributed by atoms with Gasteiger partial charge in [-0.3, -0.25) is 0 Å². The van der Waals surface area contributed by atoms with Crippen LogP contribution in [0.15, 0.2) is 18.2 Å². The van der Waals surface area contributed by atoms with Gasteiger partial charge >= 0.3 is 0 Å². The fourth-order valence-corrected chi connectivity index (χ4v) is 3.71. The zero-order chi connectivity index (χ0) is 14.2. The molecule has 3 rings (SSSR count). The van der Waals surface area contributed by atoms with Gasteiger partial charge < -0.3 is 19.7 Å². The second-order valence-electron chi connectivity index (χ2n) is 5.91. The van der Waals surface area contributed by atoms with Gasteiger partial charge in [0, 0.05) is 32.6 Å². The van der Waals surface area contributed by atoms with E-state index in [4.69, 9.17) is 14.6 Å². The van der Waals surface area contributed by atoms with Crippen molar-refractivity contribution in [1.29, 1.82) is 0 Å². The van der Waals surface area contributed by atoms with E-state index < -0.39 is 5.79 Å². The Hall–Kier alpha value is -1.26. The summed E-state index contributed by atoms with van der Waals surface area (Å²) in [7, 11) is 1.69. The number of hydrogen-bond donors (Lipinski definition) is 2. The van der Waals surface area contributed by atoms with Gasteiger partial charge in [0.1, 0.15) is 11.5 Å². The number of aliphatic hydroxyl groups excluding tert-OH is 1. The van der Waals surface area contributed by atoms with E-state index in [1.165, 1.54) is 0 Å². The van der Waals surface area contributed by atoms with Crippen molar-refractivity contribution in [2.75, 3.05) is 13.7 Å². The summed E-state index contributed by atoms with van der Waals surface area (Å²) >= 11 is 0. The molecule has 2 N–H and O–H groups in total. The van der Waals surface area contributed by atoms with Gasteiger partial charge in [0.05, 0.1) is 0 Å². The number of benzene rings is 1. The molecule has 0 saturated heterocycles. The number of methoxy groups -OCH3 is 1. The van der Waals surface area contributed by atoms with Crippen LogP contribution in [0.5, 0.6) is 11.5 Å². The average molecular weight is 278 g/mol.